The summed E-state index contributed by atoms with van der Waals surface area (Å²) in [7, 11) is -3.52. The van der Waals surface area contributed by atoms with Gasteiger partial charge in [-0.1, -0.05) is 30.3 Å². The summed E-state index contributed by atoms with van der Waals surface area (Å²) in [4.78, 5) is 24.1. The number of hydrogen-bond acceptors (Lipinski definition) is 4. The average molecular weight is 399 g/mol. The lowest BCUT2D eigenvalue weighted by Crippen LogP contribution is -2.40. The van der Waals surface area contributed by atoms with E-state index in [0.717, 1.165) is 18.4 Å². The fraction of sp³-hybridized carbons (Fsp3) is 0.200. The number of sulfonamides is 1. The zero-order chi connectivity index (χ0) is 20.0. The number of carbonyl (C=O) groups is 2. The molecule has 7 nitrogen and oxygen atoms in total. The first kappa shape index (κ1) is 19.8. The second-order valence-electron chi connectivity index (χ2n) is 6.32. The Morgan fingerprint density at radius 3 is 2.18 bits per heavy atom. The summed E-state index contributed by atoms with van der Waals surface area (Å²) >= 11 is 0. The summed E-state index contributed by atoms with van der Waals surface area (Å²) in [5.41, 5.74) is 5.69. The smallest absolute Gasteiger partial charge is 0.268 e. The molecule has 2 N–H and O–H groups in total. The molecule has 8 heteroatoms. The molecule has 146 valence electrons. The van der Waals surface area contributed by atoms with Crippen LogP contribution in [0.25, 0.3) is 6.08 Å². The Bertz CT molecular complexity index is 964. The van der Waals surface area contributed by atoms with E-state index in [1.165, 1.54) is 34.6 Å². The van der Waals surface area contributed by atoms with E-state index in [9.17, 15) is 18.0 Å². The predicted octanol–water partition coefficient (Wildman–Crippen LogP) is 1.95. The third kappa shape index (κ3) is 4.85. The minimum atomic E-state index is -3.52. The Kier molecular flexibility index (Phi) is 6.23. The van der Waals surface area contributed by atoms with Crippen LogP contribution in [0.2, 0.25) is 0 Å². The van der Waals surface area contributed by atoms with Crippen LogP contribution >= 0.6 is 0 Å². The first-order valence-corrected chi connectivity index (χ1v) is 10.3. The number of hydrogen-bond donors (Lipinski definition) is 2. The number of amides is 2. The van der Waals surface area contributed by atoms with Crippen LogP contribution in [0.4, 0.5) is 0 Å². The van der Waals surface area contributed by atoms with Gasteiger partial charge in [0.1, 0.15) is 0 Å². The third-order valence-electron chi connectivity index (χ3n) is 4.35. The molecule has 2 aromatic carbocycles. The summed E-state index contributed by atoms with van der Waals surface area (Å²) in [6.07, 6.45) is 4.65. The van der Waals surface area contributed by atoms with E-state index in [1.807, 2.05) is 30.3 Å². The maximum atomic E-state index is 12.5. The Balaban J connectivity index is 1.56. The van der Waals surface area contributed by atoms with Crippen molar-refractivity contribution in [3.05, 3.63) is 71.8 Å². The van der Waals surface area contributed by atoms with Gasteiger partial charge in [-0.2, -0.15) is 4.31 Å². The molecule has 0 radical (unpaired) electrons. The van der Waals surface area contributed by atoms with Crippen molar-refractivity contribution < 1.29 is 18.0 Å². The summed E-state index contributed by atoms with van der Waals surface area (Å²) in [5, 5.41) is 0. The topological polar surface area (TPSA) is 95.6 Å². The number of carbonyl (C=O) groups excluding carboxylic acids is 2. The van der Waals surface area contributed by atoms with E-state index in [4.69, 9.17) is 0 Å². The quantitative estimate of drug-likeness (QED) is 0.593. The number of nitrogens with one attached hydrogen (secondary N) is 2. The van der Waals surface area contributed by atoms with Crippen molar-refractivity contribution in [2.75, 3.05) is 13.1 Å². The van der Waals surface area contributed by atoms with E-state index in [2.05, 4.69) is 10.9 Å². The maximum absolute atomic E-state index is 12.5. The lowest BCUT2D eigenvalue weighted by Gasteiger charge is -2.15. The standard InChI is InChI=1S/C20H21N3O4S/c24-19(13-8-16-6-2-1-3-7-16)21-22-20(25)17-9-11-18(12-10-17)28(26,27)23-14-4-5-15-23/h1-3,6-13H,4-5,14-15H2,(H,21,24)(H,22,25)/b13-8+. The molecule has 1 saturated heterocycles. The number of nitrogens with zero attached hydrogens (tertiary/aromatic N) is 1. The van der Waals surface area contributed by atoms with Crippen LogP contribution in [-0.2, 0) is 14.8 Å². The van der Waals surface area contributed by atoms with Crippen LogP contribution in [0.3, 0.4) is 0 Å². The molecule has 0 spiro atoms. The van der Waals surface area contributed by atoms with Gasteiger partial charge in [-0.25, -0.2) is 8.42 Å². The highest BCUT2D eigenvalue weighted by atomic mass is 32.2. The zero-order valence-electron chi connectivity index (χ0n) is 15.2. The second kappa shape index (κ2) is 8.81. The lowest BCUT2D eigenvalue weighted by atomic mass is 10.2. The van der Waals surface area contributed by atoms with Gasteiger partial charge >= 0.3 is 0 Å². The fourth-order valence-corrected chi connectivity index (χ4v) is 4.34. The van der Waals surface area contributed by atoms with E-state index in [1.54, 1.807) is 6.08 Å². The predicted molar refractivity (Wildman–Crippen MR) is 106 cm³/mol. The molecule has 1 fully saturated rings. The lowest BCUT2D eigenvalue weighted by molar-refractivity contribution is -0.117. The monoisotopic (exact) mass is 399 g/mol. The Morgan fingerprint density at radius 1 is 0.893 bits per heavy atom. The minimum absolute atomic E-state index is 0.154. The molecule has 2 aromatic rings. The highest BCUT2D eigenvalue weighted by Gasteiger charge is 2.27. The molecule has 0 aromatic heterocycles. The molecule has 2 amide bonds. The van der Waals surface area contributed by atoms with Crippen LogP contribution in [0.1, 0.15) is 28.8 Å². The number of hydrazine groups is 1. The van der Waals surface area contributed by atoms with Crippen LogP contribution < -0.4 is 10.9 Å². The molecular weight excluding hydrogens is 378 g/mol. The molecule has 0 atom stereocenters. The highest BCUT2D eigenvalue weighted by Crippen LogP contribution is 2.21. The molecule has 1 aliphatic heterocycles. The van der Waals surface area contributed by atoms with Crippen LogP contribution in [-0.4, -0.2) is 37.6 Å². The van der Waals surface area contributed by atoms with E-state index >= 15 is 0 Å². The summed E-state index contributed by atoms with van der Waals surface area (Å²) in [6.45, 7) is 1.04. The molecule has 0 unspecified atom stereocenters. The zero-order valence-corrected chi connectivity index (χ0v) is 16.0. The van der Waals surface area contributed by atoms with E-state index in [0.29, 0.717) is 13.1 Å². The average Bonchev–Trinajstić information content (AvgIpc) is 3.27. The second-order valence-corrected chi connectivity index (χ2v) is 8.26. The Morgan fingerprint density at radius 2 is 1.54 bits per heavy atom. The number of benzene rings is 2. The first-order valence-electron chi connectivity index (χ1n) is 8.90. The van der Waals surface area contributed by atoms with E-state index < -0.39 is 21.8 Å². The molecular formula is C20H21N3O4S. The van der Waals surface area contributed by atoms with Gasteiger partial charge in [-0.05, 0) is 48.7 Å². The maximum Gasteiger partial charge on any atom is 0.269 e. The number of rotatable bonds is 5. The molecule has 1 heterocycles. The van der Waals surface area contributed by atoms with Gasteiger partial charge in [0, 0.05) is 24.7 Å². The molecule has 0 bridgehead atoms. The summed E-state index contributed by atoms with van der Waals surface area (Å²) in [6, 6.07) is 14.9. The Hall–Kier alpha value is -2.97. The van der Waals surface area contributed by atoms with Crippen molar-refractivity contribution in [1.82, 2.24) is 15.2 Å². The van der Waals surface area contributed by atoms with Gasteiger partial charge in [0.25, 0.3) is 11.8 Å². The van der Waals surface area contributed by atoms with E-state index in [-0.39, 0.29) is 10.5 Å². The van der Waals surface area contributed by atoms with Gasteiger partial charge in [-0.15, -0.1) is 0 Å². The fourth-order valence-electron chi connectivity index (χ4n) is 2.82. The highest BCUT2D eigenvalue weighted by molar-refractivity contribution is 7.89. The molecule has 0 saturated carbocycles. The first-order chi connectivity index (χ1) is 13.5. The van der Waals surface area contributed by atoms with Gasteiger partial charge in [-0.3, -0.25) is 20.4 Å². The van der Waals surface area contributed by atoms with Crippen molar-refractivity contribution in [3.63, 3.8) is 0 Å². The van der Waals surface area contributed by atoms with Crippen molar-refractivity contribution in [1.29, 1.82) is 0 Å². The van der Waals surface area contributed by atoms with Crippen molar-refractivity contribution in [2.24, 2.45) is 0 Å². The minimum Gasteiger partial charge on any atom is -0.268 e. The largest absolute Gasteiger partial charge is 0.269 e. The van der Waals surface area contributed by atoms with Gasteiger partial charge < -0.3 is 0 Å². The van der Waals surface area contributed by atoms with Gasteiger partial charge in [0.2, 0.25) is 10.0 Å². The van der Waals surface area contributed by atoms with Crippen molar-refractivity contribution >= 4 is 27.9 Å². The summed E-state index contributed by atoms with van der Waals surface area (Å²) in [5.74, 6) is -1.02. The van der Waals surface area contributed by atoms with Gasteiger partial charge in [0.05, 0.1) is 4.90 Å². The van der Waals surface area contributed by atoms with Crippen LogP contribution in [0, 0.1) is 0 Å². The third-order valence-corrected chi connectivity index (χ3v) is 6.26. The van der Waals surface area contributed by atoms with Crippen molar-refractivity contribution in [2.45, 2.75) is 17.7 Å². The van der Waals surface area contributed by atoms with Crippen LogP contribution in [0.5, 0.6) is 0 Å². The molecule has 28 heavy (non-hydrogen) atoms. The normalized spacial score (nSPS) is 14.9. The molecule has 0 aliphatic carbocycles. The van der Waals surface area contributed by atoms with Crippen LogP contribution in [0.15, 0.2) is 65.6 Å². The molecule has 1 aliphatic rings. The summed E-state index contributed by atoms with van der Waals surface area (Å²) < 4.78 is 26.4. The Labute approximate surface area is 164 Å². The van der Waals surface area contributed by atoms with Gasteiger partial charge in [0.15, 0.2) is 0 Å². The van der Waals surface area contributed by atoms with Crippen molar-refractivity contribution in [3.8, 4) is 0 Å². The SMILES string of the molecule is O=C(/C=C/c1ccccc1)NNC(=O)c1ccc(S(=O)(=O)N2CCCC2)cc1. The molecule has 3 rings (SSSR count).